The van der Waals surface area contributed by atoms with Crippen LogP contribution in [0.4, 0.5) is 0 Å². The second-order valence-electron chi connectivity index (χ2n) is 3.29. The Kier molecular flexibility index (Phi) is 5.16. The molecule has 0 bridgehead atoms. The molecule has 15 heavy (non-hydrogen) atoms. The Bertz CT molecular complexity index is 300. The van der Waals surface area contributed by atoms with E-state index >= 15 is 0 Å². The maximum atomic E-state index is 8.64. The van der Waals surface area contributed by atoms with Crippen molar-refractivity contribution in [2.45, 2.75) is 39.2 Å². The van der Waals surface area contributed by atoms with Gasteiger partial charge in [-0.25, -0.2) is 0 Å². The van der Waals surface area contributed by atoms with Crippen LogP contribution in [0.1, 0.15) is 33.6 Å². The number of hydrogen-bond acceptors (Lipinski definition) is 5. The molecule has 0 spiro atoms. The molecule has 0 atom stereocenters. The summed E-state index contributed by atoms with van der Waals surface area (Å²) in [6.07, 6.45) is 1.50. The first-order chi connectivity index (χ1) is 7.02. The highest BCUT2D eigenvalue weighted by molar-refractivity contribution is 6.46. The zero-order valence-electron chi connectivity index (χ0n) is 9.19. The van der Waals surface area contributed by atoms with E-state index in [1.165, 1.54) is 0 Å². The van der Waals surface area contributed by atoms with Crippen LogP contribution in [-0.2, 0) is 4.84 Å². The number of nitrogens with zero attached hydrogens (tertiary/aromatic N) is 3. The van der Waals surface area contributed by atoms with E-state index in [0.29, 0.717) is 0 Å². The highest BCUT2D eigenvalue weighted by Crippen LogP contribution is 2.19. The molecule has 0 saturated carbocycles. The third-order valence-corrected chi connectivity index (χ3v) is 2.31. The third kappa shape index (κ3) is 3.85. The largest absolute Gasteiger partial charge is 0.409 e. The van der Waals surface area contributed by atoms with E-state index in [1.54, 1.807) is 6.07 Å². The Morgan fingerprint density at radius 1 is 1.53 bits per heavy atom. The SMILES string of the molecule is CCC(C)(CC)ON=C(C#N)C(N)=NO. The summed E-state index contributed by atoms with van der Waals surface area (Å²) in [7, 11) is 0. The van der Waals surface area contributed by atoms with Gasteiger partial charge in [0.2, 0.25) is 11.5 Å². The molecule has 84 valence electrons. The topological polar surface area (TPSA) is 104 Å². The molecule has 6 nitrogen and oxygen atoms in total. The van der Waals surface area contributed by atoms with Crippen molar-refractivity contribution in [1.82, 2.24) is 0 Å². The summed E-state index contributed by atoms with van der Waals surface area (Å²) in [6, 6.07) is 1.68. The van der Waals surface area contributed by atoms with Crippen LogP contribution in [-0.4, -0.2) is 22.4 Å². The van der Waals surface area contributed by atoms with Gasteiger partial charge < -0.3 is 15.8 Å². The molecule has 0 heterocycles. The second-order valence-corrected chi connectivity index (χ2v) is 3.29. The predicted molar refractivity (Wildman–Crippen MR) is 56.5 cm³/mol. The lowest BCUT2D eigenvalue weighted by Gasteiger charge is -2.23. The molecule has 0 aromatic rings. The standard InChI is InChI=1S/C9H16N4O2/c1-4-9(3,5-2)15-13-7(6-10)8(11)12-14/h14H,4-5H2,1-3H3,(H2,11,12). The van der Waals surface area contributed by atoms with Crippen molar-refractivity contribution in [2.75, 3.05) is 0 Å². The van der Waals surface area contributed by atoms with Gasteiger partial charge in [0.05, 0.1) is 0 Å². The highest BCUT2D eigenvalue weighted by atomic mass is 16.6. The number of oxime groups is 2. The van der Waals surface area contributed by atoms with Crippen LogP contribution in [0.15, 0.2) is 10.3 Å². The molecule has 0 rings (SSSR count). The zero-order valence-corrected chi connectivity index (χ0v) is 9.19. The molecule has 0 fully saturated rings. The maximum Gasteiger partial charge on any atom is 0.224 e. The molecule has 0 aliphatic heterocycles. The molecular formula is C9H16N4O2. The number of rotatable bonds is 5. The molecule has 0 radical (unpaired) electrons. The Balaban J connectivity index is 4.70. The van der Waals surface area contributed by atoms with Crippen molar-refractivity contribution in [3.05, 3.63) is 0 Å². The summed E-state index contributed by atoms with van der Waals surface area (Å²) in [6.45, 7) is 5.78. The van der Waals surface area contributed by atoms with Gasteiger partial charge in [-0.2, -0.15) is 5.26 Å². The Labute approximate surface area is 89.0 Å². The van der Waals surface area contributed by atoms with E-state index < -0.39 is 5.60 Å². The Morgan fingerprint density at radius 2 is 2.07 bits per heavy atom. The van der Waals surface area contributed by atoms with Gasteiger partial charge in [-0.3, -0.25) is 0 Å². The molecule has 0 amide bonds. The van der Waals surface area contributed by atoms with Gasteiger partial charge in [0.1, 0.15) is 11.7 Å². The van der Waals surface area contributed by atoms with Gasteiger partial charge in [-0.15, -0.1) is 0 Å². The minimum absolute atomic E-state index is 0.231. The van der Waals surface area contributed by atoms with Crippen LogP contribution in [0.5, 0.6) is 0 Å². The van der Waals surface area contributed by atoms with E-state index in [0.717, 1.165) is 12.8 Å². The molecule has 0 saturated heterocycles. The molecule has 0 aromatic carbocycles. The number of nitrogens with two attached hydrogens (primary N) is 1. The molecule has 0 aromatic heterocycles. The van der Waals surface area contributed by atoms with Crippen LogP contribution in [0.2, 0.25) is 0 Å². The van der Waals surface area contributed by atoms with Crippen molar-refractivity contribution in [3.63, 3.8) is 0 Å². The molecule has 0 aliphatic carbocycles. The van der Waals surface area contributed by atoms with Crippen LogP contribution < -0.4 is 5.73 Å². The summed E-state index contributed by atoms with van der Waals surface area (Å²) in [5.74, 6) is -0.355. The monoisotopic (exact) mass is 212 g/mol. The van der Waals surface area contributed by atoms with Gasteiger partial charge in [-0.05, 0) is 19.8 Å². The molecule has 0 unspecified atom stereocenters. The van der Waals surface area contributed by atoms with Crippen LogP contribution in [0.25, 0.3) is 0 Å². The molecular weight excluding hydrogens is 196 g/mol. The van der Waals surface area contributed by atoms with Crippen molar-refractivity contribution < 1.29 is 10.0 Å². The maximum absolute atomic E-state index is 8.64. The minimum Gasteiger partial charge on any atom is -0.409 e. The molecule has 6 heteroatoms. The molecule has 0 aliphatic rings. The van der Waals surface area contributed by atoms with E-state index in [-0.39, 0.29) is 11.5 Å². The summed E-state index contributed by atoms with van der Waals surface area (Å²) in [5, 5.41) is 23.2. The quantitative estimate of drug-likeness (QED) is 0.309. The van der Waals surface area contributed by atoms with Gasteiger partial charge >= 0.3 is 0 Å². The van der Waals surface area contributed by atoms with Crippen molar-refractivity contribution in [3.8, 4) is 6.07 Å². The first-order valence-electron chi connectivity index (χ1n) is 4.67. The second kappa shape index (κ2) is 5.86. The van der Waals surface area contributed by atoms with E-state index in [2.05, 4.69) is 10.3 Å². The van der Waals surface area contributed by atoms with Crippen LogP contribution >= 0.6 is 0 Å². The summed E-state index contributed by atoms with van der Waals surface area (Å²) in [5.41, 5.74) is 4.54. The van der Waals surface area contributed by atoms with E-state index in [1.807, 2.05) is 20.8 Å². The fourth-order valence-corrected chi connectivity index (χ4v) is 0.707. The van der Waals surface area contributed by atoms with Crippen molar-refractivity contribution in [2.24, 2.45) is 16.0 Å². The fourth-order valence-electron chi connectivity index (χ4n) is 0.707. The number of nitriles is 1. The Morgan fingerprint density at radius 3 is 2.40 bits per heavy atom. The average Bonchev–Trinajstić information content (AvgIpc) is 2.29. The van der Waals surface area contributed by atoms with E-state index in [4.69, 9.17) is 21.0 Å². The van der Waals surface area contributed by atoms with Gasteiger partial charge in [-0.1, -0.05) is 24.2 Å². The van der Waals surface area contributed by atoms with Crippen molar-refractivity contribution in [1.29, 1.82) is 5.26 Å². The molecule has 3 N–H and O–H groups in total. The predicted octanol–water partition coefficient (Wildman–Crippen LogP) is 1.21. The van der Waals surface area contributed by atoms with Gasteiger partial charge in [0.15, 0.2) is 0 Å². The fraction of sp³-hybridized carbons (Fsp3) is 0.667. The summed E-state index contributed by atoms with van der Waals surface area (Å²) in [4.78, 5) is 5.20. The van der Waals surface area contributed by atoms with Gasteiger partial charge in [0.25, 0.3) is 0 Å². The lowest BCUT2D eigenvalue weighted by molar-refractivity contribution is -0.0339. The minimum atomic E-state index is -0.433. The highest BCUT2D eigenvalue weighted by Gasteiger charge is 2.22. The number of amidine groups is 1. The first-order valence-corrected chi connectivity index (χ1v) is 4.67. The third-order valence-electron chi connectivity index (χ3n) is 2.31. The van der Waals surface area contributed by atoms with E-state index in [9.17, 15) is 0 Å². The van der Waals surface area contributed by atoms with Gasteiger partial charge in [0, 0.05) is 0 Å². The number of hydrogen-bond donors (Lipinski definition) is 2. The lowest BCUT2D eigenvalue weighted by atomic mass is 10.0. The zero-order chi connectivity index (χ0) is 11.9. The van der Waals surface area contributed by atoms with Crippen LogP contribution in [0, 0.1) is 11.3 Å². The smallest absolute Gasteiger partial charge is 0.224 e. The van der Waals surface area contributed by atoms with Crippen molar-refractivity contribution >= 4 is 11.5 Å². The normalized spacial score (nSPS) is 13.5. The Hall–Kier alpha value is -1.77. The first kappa shape index (κ1) is 13.2. The van der Waals surface area contributed by atoms with Crippen LogP contribution in [0.3, 0.4) is 0 Å². The summed E-state index contributed by atoms with van der Waals surface area (Å²) >= 11 is 0. The summed E-state index contributed by atoms with van der Waals surface area (Å²) < 4.78 is 0. The lowest BCUT2D eigenvalue weighted by Crippen LogP contribution is -2.28. The average molecular weight is 212 g/mol.